The number of urea groups is 1. The fraction of sp³-hybridized carbons (Fsp3) is 0.308. The standard InChI is InChI=1S/C13H17N3O4/c1-14-11(17)8-16-13(20)15-6-5-9-3-2-4-10(7-9)12(18)19/h2-4,7H,5-6,8H2,1H3,(H,14,17)(H,18,19)(H2,15,16,20). The maximum Gasteiger partial charge on any atom is 0.335 e. The smallest absolute Gasteiger partial charge is 0.335 e. The highest BCUT2D eigenvalue weighted by atomic mass is 16.4. The van der Waals surface area contributed by atoms with Crippen LogP contribution in [0.1, 0.15) is 15.9 Å². The van der Waals surface area contributed by atoms with E-state index in [4.69, 9.17) is 5.11 Å². The zero-order chi connectivity index (χ0) is 15.0. The number of rotatable bonds is 6. The van der Waals surface area contributed by atoms with Gasteiger partial charge in [0.05, 0.1) is 12.1 Å². The van der Waals surface area contributed by atoms with Crippen molar-refractivity contribution in [2.75, 3.05) is 20.1 Å². The van der Waals surface area contributed by atoms with E-state index in [0.717, 1.165) is 5.56 Å². The predicted octanol–water partition coefficient (Wildman–Crippen LogP) is -0.0275. The molecule has 1 rings (SSSR count). The van der Waals surface area contributed by atoms with Gasteiger partial charge in [-0.3, -0.25) is 4.79 Å². The molecule has 4 N–H and O–H groups in total. The van der Waals surface area contributed by atoms with E-state index >= 15 is 0 Å². The molecule has 0 saturated heterocycles. The molecule has 0 unspecified atom stereocenters. The lowest BCUT2D eigenvalue weighted by atomic mass is 10.1. The first-order valence-electron chi connectivity index (χ1n) is 6.07. The van der Waals surface area contributed by atoms with Crippen molar-refractivity contribution in [1.29, 1.82) is 0 Å². The molecule has 0 aliphatic carbocycles. The van der Waals surface area contributed by atoms with Crippen molar-refractivity contribution < 1.29 is 19.5 Å². The molecule has 0 spiro atoms. The first-order valence-corrected chi connectivity index (χ1v) is 6.07. The summed E-state index contributed by atoms with van der Waals surface area (Å²) in [5.74, 6) is -1.27. The maximum absolute atomic E-state index is 11.3. The Labute approximate surface area is 116 Å². The minimum Gasteiger partial charge on any atom is -0.478 e. The highest BCUT2D eigenvalue weighted by molar-refractivity contribution is 5.87. The van der Waals surface area contributed by atoms with Gasteiger partial charge in [0.25, 0.3) is 0 Å². The van der Waals surface area contributed by atoms with E-state index in [1.54, 1.807) is 18.2 Å². The van der Waals surface area contributed by atoms with Crippen LogP contribution in [0.15, 0.2) is 24.3 Å². The average molecular weight is 279 g/mol. The van der Waals surface area contributed by atoms with Crippen LogP contribution in [0.4, 0.5) is 4.79 Å². The summed E-state index contributed by atoms with van der Waals surface area (Å²) >= 11 is 0. The number of carbonyl (C=O) groups is 3. The maximum atomic E-state index is 11.3. The van der Waals surface area contributed by atoms with Crippen molar-refractivity contribution in [2.24, 2.45) is 0 Å². The zero-order valence-corrected chi connectivity index (χ0v) is 11.1. The summed E-state index contributed by atoms with van der Waals surface area (Å²) in [4.78, 5) is 33.0. The SMILES string of the molecule is CNC(=O)CNC(=O)NCCc1cccc(C(=O)O)c1. The number of hydrogen-bond acceptors (Lipinski definition) is 3. The van der Waals surface area contributed by atoms with Crippen LogP contribution in [0.3, 0.4) is 0 Å². The van der Waals surface area contributed by atoms with E-state index < -0.39 is 12.0 Å². The van der Waals surface area contributed by atoms with E-state index in [2.05, 4.69) is 16.0 Å². The zero-order valence-electron chi connectivity index (χ0n) is 11.1. The fourth-order valence-corrected chi connectivity index (χ4v) is 1.49. The Kier molecular flexibility index (Phi) is 6.02. The minimum atomic E-state index is -0.983. The summed E-state index contributed by atoms with van der Waals surface area (Å²) in [6.07, 6.45) is 0.508. The Morgan fingerprint density at radius 2 is 1.95 bits per heavy atom. The molecule has 0 aromatic heterocycles. The summed E-state index contributed by atoms with van der Waals surface area (Å²) in [5, 5.41) is 16.2. The fourth-order valence-electron chi connectivity index (χ4n) is 1.49. The van der Waals surface area contributed by atoms with Crippen LogP contribution in [0.25, 0.3) is 0 Å². The Morgan fingerprint density at radius 1 is 1.20 bits per heavy atom. The van der Waals surface area contributed by atoms with Gasteiger partial charge in [-0.05, 0) is 24.1 Å². The van der Waals surface area contributed by atoms with Crippen LogP contribution < -0.4 is 16.0 Å². The molecular formula is C13H17N3O4. The van der Waals surface area contributed by atoms with Gasteiger partial charge in [-0.2, -0.15) is 0 Å². The highest BCUT2D eigenvalue weighted by Gasteiger charge is 2.05. The van der Waals surface area contributed by atoms with Crippen LogP contribution in [0.5, 0.6) is 0 Å². The van der Waals surface area contributed by atoms with Crippen molar-refractivity contribution in [2.45, 2.75) is 6.42 Å². The Hall–Kier alpha value is -2.57. The molecular weight excluding hydrogens is 262 g/mol. The Bertz CT molecular complexity index is 502. The topological polar surface area (TPSA) is 108 Å². The molecule has 1 aromatic carbocycles. The summed E-state index contributed by atoms with van der Waals surface area (Å²) in [6.45, 7) is 0.263. The number of carboxylic acids is 1. The number of nitrogens with one attached hydrogen (secondary N) is 3. The largest absolute Gasteiger partial charge is 0.478 e. The summed E-state index contributed by atoms with van der Waals surface area (Å²) in [5.41, 5.74) is 1.03. The number of amides is 3. The van der Waals surface area contributed by atoms with Gasteiger partial charge < -0.3 is 21.1 Å². The van der Waals surface area contributed by atoms with Crippen molar-refractivity contribution in [3.63, 3.8) is 0 Å². The highest BCUT2D eigenvalue weighted by Crippen LogP contribution is 2.05. The normalized spacial score (nSPS) is 9.65. The third-order valence-electron chi connectivity index (χ3n) is 2.56. The molecule has 7 nitrogen and oxygen atoms in total. The van der Waals surface area contributed by atoms with E-state index in [1.165, 1.54) is 13.1 Å². The molecule has 0 fully saturated rings. The van der Waals surface area contributed by atoms with E-state index in [-0.39, 0.29) is 18.0 Å². The molecule has 0 saturated carbocycles. The number of benzene rings is 1. The summed E-state index contributed by atoms with van der Waals surface area (Å²) in [7, 11) is 1.48. The van der Waals surface area contributed by atoms with Gasteiger partial charge in [-0.1, -0.05) is 12.1 Å². The summed E-state index contributed by atoms with van der Waals surface area (Å²) in [6, 6.07) is 6.07. The lowest BCUT2D eigenvalue weighted by Crippen LogP contribution is -2.41. The number of carbonyl (C=O) groups excluding carboxylic acids is 2. The molecule has 7 heteroatoms. The van der Waals surface area contributed by atoms with Gasteiger partial charge in [0.2, 0.25) is 5.91 Å². The van der Waals surface area contributed by atoms with Crippen molar-refractivity contribution in [1.82, 2.24) is 16.0 Å². The quantitative estimate of drug-likeness (QED) is 0.586. The minimum absolute atomic E-state index is 0.0865. The molecule has 108 valence electrons. The first-order chi connectivity index (χ1) is 9.52. The molecule has 20 heavy (non-hydrogen) atoms. The van der Waals surface area contributed by atoms with Gasteiger partial charge >= 0.3 is 12.0 Å². The second-order valence-electron chi connectivity index (χ2n) is 4.04. The lowest BCUT2D eigenvalue weighted by Gasteiger charge is -2.07. The molecule has 0 heterocycles. The number of carboxylic acid groups (broad SMARTS) is 1. The molecule has 0 radical (unpaired) electrons. The van der Waals surface area contributed by atoms with E-state index in [0.29, 0.717) is 13.0 Å². The molecule has 3 amide bonds. The second kappa shape index (κ2) is 7.78. The van der Waals surface area contributed by atoms with Gasteiger partial charge in [0.1, 0.15) is 0 Å². The number of likely N-dealkylation sites (N-methyl/N-ethyl adjacent to an activating group) is 1. The number of hydrogen-bond donors (Lipinski definition) is 4. The van der Waals surface area contributed by atoms with Crippen LogP contribution >= 0.6 is 0 Å². The van der Waals surface area contributed by atoms with E-state index in [1.807, 2.05) is 0 Å². The van der Waals surface area contributed by atoms with Crippen molar-refractivity contribution >= 4 is 17.9 Å². The molecule has 0 aliphatic rings. The molecule has 0 aliphatic heterocycles. The van der Waals surface area contributed by atoms with Crippen LogP contribution in [-0.4, -0.2) is 43.2 Å². The van der Waals surface area contributed by atoms with Crippen LogP contribution in [0.2, 0.25) is 0 Å². The summed E-state index contributed by atoms with van der Waals surface area (Å²) < 4.78 is 0. The third-order valence-corrected chi connectivity index (χ3v) is 2.56. The van der Waals surface area contributed by atoms with Crippen LogP contribution in [-0.2, 0) is 11.2 Å². The van der Waals surface area contributed by atoms with Crippen molar-refractivity contribution in [3.8, 4) is 0 Å². The van der Waals surface area contributed by atoms with Gasteiger partial charge in [-0.25, -0.2) is 9.59 Å². The van der Waals surface area contributed by atoms with Gasteiger partial charge in [0.15, 0.2) is 0 Å². The molecule has 0 bridgehead atoms. The Balaban J connectivity index is 2.33. The van der Waals surface area contributed by atoms with Gasteiger partial charge in [0, 0.05) is 13.6 Å². The van der Waals surface area contributed by atoms with Crippen LogP contribution in [0, 0.1) is 0 Å². The van der Waals surface area contributed by atoms with Crippen molar-refractivity contribution in [3.05, 3.63) is 35.4 Å². The lowest BCUT2D eigenvalue weighted by molar-refractivity contribution is -0.119. The predicted molar refractivity (Wildman–Crippen MR) is 72.6 cm³/mol. The van der Waals surface area contributed by atoms with E-state index in [9.17, 15) is 14.4 Å². The molecule has 1 aromatic rings. The second-order valence-corrected chi connectivity index (χ2v) is 4.04. The number of aromatic carboxylic acids is 1. The first kappa shape index (κ1) is 15.5. The monoisotopic (exact) mass is 279 g/mol. The average Bonchev–Trinajstić information content (AvgIpc) is 2.45. The third kappa shape index (κ3) is 5.38. The molecule has 0 atom stereocenters. The van der Waals surface area contributed by atoms with Gasteiger partial charge in [-0.15, -0.1) is 0 Å². The Morgan fingerprint density at radius 3 is 2.60 bits per heavy atom.